The topological polar surface area (TPSA) is 309 Å². The zero-order chi connectivity index (χ0) is 62.6. The number of nitrogen functional groups attached to an aromatic ring is 1. The summed E-state index contributed by atoms with van der Waals surface area (Å²) in [5, 5.41) is 47.9. The first-order valence-electron chi connectivity index (χ1n) is 26.1. The van der Waals surface area contributed by atoms with Gasteiger partial charge in [0.2, 0.25) is 18.1 Å². The fourth-order valence-electron chi connectivity index (χ4n) is 8.13. The number of alkyl halides is 3. The van der Waals surface area contributed by atoms with E-state index in [0.29, 0.717) is 56.4 Å². The number of benzene rings is 2. The van der Waals surface area contributed by atoms with Crippen LogP contribution in [-0.4, -0.2) is 86.5 Å². The molecule has 8 aromatic rings. The van der Waals surface area contributed by atoms with Gasteiger partial charge in [-0.2, -0.15) is 13.2 Å². The predicted octanol–water partition coefficient (Wildman–Crippen LogP) is 10.8. The number of carbonyl (C=O) groups excluding carboxylic acids is 4. The molecular weight excluding hydrogens is 1120 g/mol. The molecule has 0 fully saturated rings. The largest absolute Gasteiger partial charge is 0.446 e. The smallest absolute Gasteiger partial charge is 0.444 e. The average molecular weight is 1190 g/mol. The maximum atomic E-state index is 12.8. The highest BCUT2D eigenvalue weighted by Crippen LogP contribution is 2.33. The number of pyridine rings is 4. The van der Waals surface area contributed by atoms with Crippen molar-refractivity contribution in [1.29, 1.82) is 0 Å². The molecule has 0 spiro atoms. The highest BCUT2D eigenvalue weighted by molar-refractivity contribution is 6.31. The highest BCUT2D eigenvalue weighted by Gasteiger charge is 2.26. The molecule has 3 amide bonds. The molecule has 0 aliphatic carbocycles. The third-order valence-corrected chi connectivity index (χ3v) is 12.1. The number of fused-ring (bicyclic) bond motifs is 2. The number of aliphatic hydroxyl groups is 2. The Bertz CT molecular complexity index is 3630. The van der Waals surface area contributed by atoms with Crippen LogP contribution in [-0.2, 0) is 46.7 Å². The lowest BCUT2D eigenvalue weighted by atomic mass is 9.92. The van der Waals surface area contributed by atoms with Crippen LogP contribution in [0.3, 0.4) is 0 Å². The minimum atomic E-state index is -4.64. The standard InChI is InChI=1S/C29H33ClN6O5.C24H25ClN6O3.C2HF3O.C2H6/c1-15-8-22(34-27(38)41-28(3,4)5)33-16(2)20(15)14-32-25(37)26-36-35-23(40-26)11-17-9-18-12-19(30)13-31-24(18)21(10-17)29(6,7)39;1-12-5-19(26)29-13(2)17(12)11-28-22(32)23-31-30-20(34-23)8-14-6-15-9-16(25)10-27-21(15)18(7-14)24(3,4)33;3-2(4,5)1-6;1-2/h8-10,12-13,39H,11,14H2,1-7H3,(H,32,37)(H,33,34,38);5-7,9-10,33H,8,11H2,1-4H3,(H2,26,29)(H,28,32);1H;1-2H3/i;;;1D. The second-order valence-electron chi connectivity index (χ2n) is 20.7. The van der Waals surface area contributed by atoms with Crippen LogP contribution >= 0.6 is 23.2 Å². The minimum Gasteiger partial charge on any atom is -0.444 e. The van der Waals surface area contributed by atoms with Crippen molar-refractivity contribution < 1.29 is 57.5 Å². The van der Waals surface area contributed by atoms with Gasteiger partial charge < -0.3 is 40.2 Å². The summed E-state index contributed by atoms with van der Waals surface area (Å²) in [6.07, 6.45) is -2.71. The number of aromatic nitrogens is 8. The van der Waals surface area contributed by atoms with E-state index in [0.717, 1.165) is 49.8 Å². The van der Waals surface area contributed by atoms with E-state index in [1.54, 1.807) is 92.8 Å². The maximum absolute atomic E-state index is 12.8. The minimum absolute atomic E-state index is 0.137. The molecule has 2 aromatic carbocycles. The summed E-state index contributed by atoms with van der Waals surface area (Å²) >= 11 is 12.3. The van der Waals surface area contributed by atoms with Crippen LogP contribution in [0.5, 0.6) is 0 Å². The number of aldehydes is 1. The third kappa shape index (κ3) is 18.9. The van der Waals surface area contributed by atoms with Crippen LogP contribution in [0.15, 0.2) is 69.8 Å². The van der Waals surface area contributed by atoms with Gasteiger partial charge in [-0.1, -0.05) is 49.2 Å². The molecule has 0 radical (unpaired) electrons. The van der Waals surface area contributed by atoms with Gasteiger partial charge in [-0.25, -0.2) is 14.8 Å². The molecule has 0 unspecified atom stereocenters. The first-order chi connectivity index (χ1) is 39.1. The number of aryl methyl sites for hydroxylation is 4. The van der Waals surface area contributed by atoms with Gasteiger partial charge in [0, 0.05) is 60.1 Å². The monoisotopic (exact) mass is 1190 g/mol. The number of nitrogens with one attached hydrogen (secondary N) is 3. The Morgan fingerprint density at radius 1 is 0.687 bits per heavy atom. The Labute approximate surface area is 487 Å². The Kier molecular flexibility index (Phi) is 21.0. The first-order valence-corrected chi connectivity index (χ1v) is 26.2. The third-order valence-electron chi connectivity index (χ3n) is 11.7. The summed E-state index contributed by atoms with van der Waals surface area (Å²) in [6, 6.07) is 14.5. The van der Waals surface area contributed by atoms with E-state index < -0.39 is 47.2 Å². The molecule has 7 N–H and O–H groups in total. The number of hydrogen-bond donors (Lipinski definition) is 6. The molecule has 0 saturated heterocycles. The quantitative estimate of drug-likeness (QED) is 0.0584. The number of carbonyl (C=O) groups is 4. The molecule has 0 aliphatic rings. The first kappa shape index (κ1) is 64.0. The highest BCUT2D eigenvalue weighted by atomic mass is 35.5. The zero-order valence-electron chi connectivity index (χ0n) is 48.7. The SMILES string of the molecule is Cc1cc(N)nc(C)c1CNC(=O)c1nnc(Cc2cc(C(C)(C)O)c3ncc(Cl)cc3c2)o1.Cc1cc(NC(=O)OC(C)(C)C)nc(C)c1CNC(=O)c1nnc(Cc2cc(C(C)(C)O)c3ncc(Cl)cc3c2)o1.O=CC(F)(F)F.[2H]CC. The van der Waals surface area contributed by atoms with Gasteiger partial charge in [0.1, 0.15) is 17.2 Å². The molecule has 0 saturated carbocycles. The van der Waals surface area contributed by atoms with Gasteiger partial charge in [0.25, 0.3) is 0 Å². The maximum Gasteiger partial charge on any atom is 0.446 e. The normalized spacial score (nSPS) is 11.7. The second-order valence-corrected chi connectivity index (χ2v) is 21.6. The fourth-order valence-corrected chi connectivity index (χ4v) is 8.46. The summed E-state index contributed by atoms with van der Waals surface area (Å²) < 4.78 is 54.0. The summed E-state index contributed by atoms with van der Waals surface area (Å²) in [5.41, 5.74) is 11.8. The Morgan fingerprint density at radius 2 is 1.10 bits per heavy atom. The number of nitrogens with zero attached hydrogens (tertiary/aromatic N) is 8. The number of anilines is 2. The van der Waals surface area contributed by atoms with Crippen LogP contribution in [0.4, 0.5) is 29.6 Å². The van der Waals surface area contributed by atoms with Crippen LogP contribution in [0.1, 0.15) is 153 Å². The number of halogens is 5. The Hall–Kier alpha value is -8.19. The van der Waals surface area contributed by atoms with Crippen molar-refractivity contribution >= 4 is 80.8 Å². The van der Waals surface area contributed by atoms with Gasteiger partial charge in [-0.3, -0.25) is 29.7 Å². The van der Waals surface area contributed by atoms with Gasteiger partial charge in [-0.05, 0) is 146 Å². The Balaban J connectivity index is 0.000000272. The van der Waals surface area contributed by atoms with Gasteiger partial charge in [0.15, 0.2) is 0 Å². The summed E-state index contributed by atoms with van der Waals surface area (Å²) in [5.74, 6) is -0.0511. The van der Waals surface area contributed by atoms with Crippen LogP contribution in [0, 0.1) is 27.7 Å². The van der Waals surface area contributed by atoms with Crippen molar-refractivity contribution in [3.05, 3.63) is 150 Å². The molecule has 21 nitrogen and oxygen atoms in total. The van der Waals surface area contributed by atoms with Crippen molar-refractivity contribution in [2.75, 3.05) is 11.1 Å². The fraction of sp³-hybridized carbons (Fsp3) is 0.368. The molecular formula is C57H65Cl2F3N12O9. The van der Waals surface area contributed by atoms with Crippen molar-refractivity contribution in [1.82, 2.24) is 51.0 Å². The van der Waals surface area contributed by atoms with Crippen LogP contribution in [0.25, 0.3) is 21.8 Å². The van der Waals surface area contributed by atoms with E-state index in [4.69, 9.17) is 48.7 Å². The molecule has 83 heavy (non-hydrogen) atoms. The molecule has 8 rings (SSSR count). The number of amides is 3. The number of hydrogen-bond acceptors (Lipinski definition) is 18. The number of ether oxygens (including phenoxy) is 1. The van der Waals surface area contributed by atoms with E-state index in [1.165, 1.54) is 6.20 Å². The zero-order valence-corrected chi connectivity index (χ0v) is 49.2. The van der Waals surface area contributed by atoms with Crippen molar-refractivity contribution in [3.63, 3.8) is 0 Å². The molecule has 6 heterocycles. The van der Waals surface area contributed by atoms with Gasteiger partial charge >= 0.3 is 35.9 Å². The van der Waals surface area contributed by atoms with Crippen molar-refractivity contribution in [2.24, 2.45) is 0 Å². The lowest BCUT2D eigenvalue weighted by Crippen LogP contribution is -2.28. The van der Waals surface area contributed by atoms with Crippen molar-refractivity contribution in [2.45, 2.75) is 139 Å². The average Bonchev–Trinajstić information content (AvgIpc) is 4.01. The summed E-state index contributed by atoms with van der Waals surface area (Å²) in [6.45, 7) is 22.2. The van der Waals surface area contributed by atoms with Crippen LogP contribution < -0.4 is 21.7 Å². The van der Waals surface area contributed by atoms with E-state index in [2.05, 4.69) is 56.3 Å². The van der Waals surface area contributed by atoms with Gasteiger partial charge in [-0.15, -0.1) is 20.4 Å². The summed E-state index contributed by atoms with van der Waals surface area (Å²) in [4.78, 5) is 63.5. The molecule has 26 heteroatoms. The lowest BCUT2D eigenvalue weighted by molar-refractivity contribution is -0.156. The second kappa shape index (κ2) is 27.3. The lowest BCUT2D eigenvalue weighted by Gasteiger charge is -2.20. The molecule has 442 valence electrons. The number of nitrogens with two attached hydrogens (primary N) is 1. The molecule has 0 atom stereocenters. The van der Waals surface area contributed by atoms with E-state index in [1.807, 2.05) is 45.0 Å². The molecule has 0 aliphatic heterocycles. The Morgan fingerprint density at radius 3 is 1.47 bits per heavy atom. The summed E-state index contributed by atoms with van der Waals surface area (Å²) in [7, 11) is 0. The van der Waals surface area contributed by atoms with Gasteiger partial charge in [0.05, 0.1) is 45.1 Å². The molecule has 0 bridgehead atoms. The van der Waals surface area contributed by atoms with E-state index in [-0.39, 0.29) is 49.5 Å². The van der Waals surface area contributed by atoms with E-state index >= 15 is 0 Å². The molecule has 6 aromatic heterocycles. The predicted molar refractivity (Wildman–Crippen MR) is 306 cm³/mol. The van der Waals surface area contributed by atoms with E-state index in [9.17, 15) is 37.8 Å². The number of rotatable bonds is 13. The van der Waals surface area contributed by atoms with Crippen molar-refractivity contribution in [3.8, 4) is 0 Å². The van der Waals surface area contributed by atoms with Crippen LogP contribution in [0.2, 0.25) is 10.0 Å².